The Balaban J connectivity index is 1.48. The summed E-state index contributed by atoms with van der Waals surface area (Å²) >= 11 is 0. The molecule has 6 rings (SSSR count). The first-order valence-corrected chi connectivity index (χ1v) is 14.3. The van der Waals surface area contributed by atoms with Crippen molar-refractivity contribution in [2.75, 3.05) is 24.4 Å². The number of carbonyl (C=O) groups excluding carboxylic acids is 1. The number of aromatic nitrogens is 3. The molecule has 2 unspecified atom stereocenters. The van der Waals surface area contributed by atoms with Crippen LogP contribution in [0.3, 0.4) is 0 Å². The van der Waals surface area contributed by atoms with Gasteiger partial charge < -0.3 is 24.8 Å². The molecule has 0 saturated heterocycles. The minimum absolute atomic E-state index is 0.183. The third-order valence-electron chi connectivity index (χ3n) is 7.72. The van der Waals surface area contributed by atoms with E-state index < -0.39 is 12.1 Å². The maximum absolute atomic E-state index is 13.5. The van der Waals surface area contributed by atoms with E-state index in [1.807, 2.05) is 54.6 Å². The quantitative estimate of drug-likeness (QED) is 0.201. The summed E-state index contributed by atoms with van der Waals surface area (Å²) in [5.41, 5.74) is 4.06. The van der Waals surface area contributed by atoms with E-state index in [1.165, 1.54) is 0 Å². The van der Waals surface area contributed by atoms with Gasteiger partial charge in [-0.1, -0.05) is 24.3 Å². The van der Waals surface area contributed by atoms with Gasteiger partial charge in [0, 0.05) is 42.6 Å². The molecule has 224 valence electrons. The van der Waals surface area contributed by atoms with Crippen LogP contribution in [0.4, 0.5) is 16.0 Å². The number of benzene rings is 2. The number of pyridine rings is 3. The molecule has 3 aromatic heterocycles. The number of amides is 1. The Morgan fingerprint density at radius 1 is 0.977 bits per heavy atom. The molecule has 0 bridgehead atoms. The van der Waals surface area contributed by atoms with Crippen LogP contribution in [0, 0.1) is 5.92 Å². The fourth-order valence-electron chi connectivity index (χ4n) is 5.13. The van der Waals surface area contributed by atoms with Crippen LogP contribution >= 0.6 is 0 Å². The number of aliphatic hydroxyl groups is 1. The summed E-state index contributed by atoms with van der Waals surface area (Å²) in [5, 5.41) is 14.4. The number of nitrogens with one attached hydrogen (secondary N) is 1. The first-order valence-electron chi connectivity index (χ1n) is 14.3. The van der Waals surface area contributed by atoms with Crippen LogP contribution in [0.1, 0.15) is 23.1 Å². The number of aliphatic hydroxyl groups excluding tert-OH is 1. The van der Waals surface area contributed by atoms with Crippen LogP contribution in [0.25, 0.3) is 22.0 Å². The van der Waals surface area contributed by atoms with E-state index in [4.69, 9.17) is 14.5 Å². The lowest BCUT2D eigenvalue weighted by Gasteiger charge is -2.26. The Bertz CT molecular complexity index is 1730. The Hall–Kier alpha value is -5.09. The van der Waals surface area contributed by atoms with Crippen LogP contribution in [0.15, 0.2) is 85.3 Å². The van der Waals surface area contributed by atoms with Gasteiger partial charge in [0.2, 0.25) is 5.91 Å². The topological polar surface area (TPSA) is 110 Å². The highest BCUT2D eigenvalue weighted by Crippen LogP contribution is 2.36. The Morgan fingerprint density at radius 3 is 2.18 bits per heavy atom. The number of hydrogen-bond acceptors (Lipinski definition) is 8. The van der Waals surface area contributed by atoms with Crippen LogP contribution in [0.5, 0.6) is 11.5 Å². The van der Waals surface area contributed by atoms with Crippen LogP contribution in [-0.2, 0) is 24.5 Å². The minimum atomic E-state index is -1.11. The number of anilines is 2. The average molecular weight is 594 g/mol. The van der Waals surface area contributed by atoms with Gasteiger partial charge in [0.05, 0.1) is 32.4 Å². The van der Waals surface area contributed by atoms with Gasteiger partial charge in [-0.3, -0.25) is 9.78 Å². The van der Waals surface area contributed by atoms with Crippen molar-refractivity contribution in [3.05, 3.63) is 102 Å². The first kappa shape index (κ1) is 29.0. The Kier molecular flexibility index (Phi) is 8.33. The highest BCUT2D eigenvalue weighted by Gasteiger charge is 2.43. The smallest absolute Gasteiger partial charge is 0.231 e. The van der Waals surface area contributed by atoms with Crippen LogP contribution < -0.4 is 19.7 Å². The molecule has 5 aromatic rings. The average Bonchev–Trinajstić information content (AvgIpc) is 3.81. The molecule has 0 radical (unpaired) electrons. The van der Waals surface area contributed by atoms with Crippen molar-refractivity contribution < 1.29 is 23.8 Å². The number of methoxy groups -OCH3 is 2. The number of halogens is 1. The Morgan fingerprint density at radius 2 is 1.61 bits per heavy atom. The second kappa shape index (κ2) is 12.6. The molecule has 9 nitrogen and oxygen atoms in total. The summed E-state index contributed by atoms with van der Waals surface area (Å²) in [6, 6.07) is 21.2. The lowest BCUT2D eigenvalue weighted by Crippen LogP contribution is -2.24. The summed E-state index contributed by atoms with van der Waals surface area (Å²) < 4.78 is 24.3. The maximum atomic E-state index is 13.5. The number of rotatable bonds is 11. The van der Waals surface area contributed by atoms with E-state index in [-0.39, 0.29) is 18.9 Å². The molecular formula is C34H32FN5O4. The van der Waals surface area contributed by atoms with E-state index >= 15 is 0 Å². The molecule has 3 heterocycles. The van der Waals surface area contributed by atoms with E-state index in [2.05, 4.69) is 20.2 Å². The SMILES string of the molecule is COc1ccc(CN(Cc2ccc(OC)cc2)c2nc(-c3cnccc3CO)cc3cc(NC(=O)C4CC4F)ncc23)cc1. The summed E-state index contributed by atoms with van der Waals surface area (Å²) in [7, 11) is 3.27. The fourth-order valence-corrected chi connectivity index (χ4v) is 5.13. The maximum Gasteiger partial charge on any atom is 0.231 e. The molecule has 2 N–H and O–H groups in total. The molecule has 0 aliphatic heterocycles. The molecule has 44 heavy (non-hydrogen) atoms. The molecule has 2 aromatic carbocycles. The third-order valence-corrected chi connectivity index (χ3v) is 7.72. The zero-order valence-corrected chi connectivity index (χ0v) is 24.4. The lowest BCUT2D eigenvalue weighted by atomic mass is 10.0. The van der Waals surface area contributed by atoms with Gasteiger partial charge in [0.25, 0.3) is 0 Å². The third kappa shape index (κ3) is 6.30. The molecule has 10 heteroatoms. The molecule has 1 fully saturated rings. The number of alkyl halides is 1. The van der Waals surface area contributed by atoms with Gasteiger partial charge >= 0.3 is 0 Å². The number of fused-ring (bicyclic) bond motifs is 1. The predicted molar refractivity (Wildman–Crippen MR) is 166 cm³/mol. The second-order valence-electron chi connectivity index (χ2n) is 10.7. The van der Waals surface area contributed by atoms with E-state index in [9.17, 15) is 14.3 Å². The predicted octanol–water partition coefficient (Wildman–Crippen LogP) is 5.70. The molecule has 1 amide bonds. The molecular weight excluding hydrogens is 561 g/mol. The monoisotopic (exact) mass is 593 g/mol. The van der Waals surface area contributed by atoms with Crippen molar-refractivity contribution in [1.82, 2.24) is 15.0 Å². The van der Waals surface area contributed by atoms with Crippen LogP contribution in [0.2, 0.25) is 0 Å². The number of hydrogen-bond donors (Lipinski definition) is 2. The highest BCUT2D eigenvalue weighted by molar-refractivity contribution is 5.99. The molecule has 1 aliphatic carbocycles. The van der Waals surface area contributed by atoms with E-state index in [0.717, 1.165) is 33.4 Å². The van der Waals surface area contributed by atoms with Gasteiger partial charge in [-0.25, -0.2) is 14.4 Å². The van der Waals surface area contributed by atoms with Crippen molar-refractivity contribution in [2.24, 2.45) is 5.92 Å². The number of carbonyl (C=O) groups is 1. The lowest BCUT2D eigenvalue weighted by molar-refractivity contribution is -0.117. The van der Waals surface area contributed by atoms with Gasteiger partial charge in [0.1, 0.15) is 29.3 Å². The van der Waals surface area contributed by atoms with Crippen LogP contribution in [-0.4, -0.2) is 46.4 Å². The molecule has 1 aliphatic rings. The summed E-state index contributed by atoms with van der Waals surface area (Å²) in [5.74, 6) is 1.50. The first-order chi connectivity index (χ1) is 21.4. The number of nitrogens with zero attached hydrogens (tertiary/aromatic N) is 4. The minimum Gasteiger partial charge on any atom is -0.497 e. The van der Waals surface area contributed by atoms with Gasteiger partial charge in [-0.05, 0) is 71.0 Å². The second-order valence-corrected chi connectivity index (χ2v) is 10.7. The molecule has 2 atom stereocenters. The molecule has 1 saturated carbocycles. The number of ether oxygens (including phenoxy) is 2. The van der Waals surface area contributed by atoms with Gasteiger partial charge in [0.15, 0.2) is 0 Å². The summed E-state index contributed by atoms with van der Waals surface area (Å²) in [6.07, 6.45) is 4.12. The van der Waals surface area contributed by atoms with Crippen molar-refractivity contribution in [3.8, 4) is 22.8 Å². The van der Waals surface area contributed by atoms with Crippen molar-refractivity contribution in [2.45, 2.75) is 32.3 Å². The fraction of sp³-hybridized carbons (Fsp3) is 0.235. The van der Waals surface area contributed by atoms with Crippen molar-refractivity contribution in [1.29, 1.82) is 0 Å². The zero-order chi connectivity index (χ0) is 30.6. The van der Waals surface area contributed by atoms with Gasteiger partial charge in [-0.15, -0.1) is 0 Å². The van der Waals surface area contributed by atoms with E-state index in [0.29, 0.717) is 41.5 Å². The normalized spacial score (nSPS) is 15.5. The Labute approximate surface area is 254 Å². The molecule has 0 spiro atoms. The summed E-state index contributed by atoms with van der Waals surface area (Å²) in [6.45, 7) is 0.844. The van der Waals surface area contributed by atoms with Gasteiger partial charge in [-0.2, -0.15) is 0 Å². The van der Waals surface area contributed by atoms with Crippen molar-refractivity contribution in [3.63, 3.8) is 0 Å². The van der Waals surface area contributed by atoms with E-state index in [1.54, 1.807) is 44.9 Å². The standard InChI is InChI=1S/C34H32FN5O4/c1-43-25-7-3-21(4-8-25)18-40(19-22-5-9-26(44-2)10-6-22)33-29-17-37-32(39-34(42)27-15-30(27)35)14-24(29)13-31(38-33)28-16-36-12-11-23(28)20-41/h3-14,16-17,27,30,41H,15,18-20H2,1-2H3,(H,37,39,42). The zero-order valence-electron chi connectivity index (χ0n) is 24.4. The summed E-state index contributed by atoms with van der Waals surface area (Å²) in [4.78, 5) is 28.6. The highest BCUT2D eigenvalue weighted by atomic mass is 19.1. The largest absolute Gasteiger partial charge is 0.497 e. The van der Waals surface area contributed by atoms with Crippen molar-refractivity contribution >= 4 is 28.3 Å².